The molecule has 0 aliphatic carbocycles. The number of benzene rings is 3. The van der Waals surface area contributed by atoms with Gasteiger partial charge in [-0.1, -0.05) is 36.4 Å². The lowest BCUT2D eigenvalue weighted by Gasteiger charge is -2.30. The highest BCUT2D eigenvalue weighted by Gasteiger charge is 2.29. The van der Waals surface area contributed by atoms with Gasteiger partial charge in [0, 0.05) is 13.1 Å². The molecule has 5 rings (SSSR count). The van der Waals surface area contributed by atoms with Crippen LogP contribution in [-0.2, 0) is 23.0 Å². The number of para-hydroxylation sites is 1. The Bertz CT molecular complexity index is 1650. The standard InChI is InChI=1S/C26H26N4O4S/c1-28(2)17-19-9-5-13-22-24(19)25(31)30(26(32)27-22)20-11-6-12-21(16-20)35(33,34)29-15-7-10-18-8-3-4-14-23(18)29/h3-6,8-9,11-14,16H,7,10,15,17H2,1-2H3,(H,27,32). The third-order valence-corrected chi connectivity index (χ3v) is 8.04. The van der Waals surface area contributed by atoms with Crippen LogP contribution in [0, 0.1) is 0 Å². The first kappa shape index (κ1) is 23.1. The number of nitrogens with zero attached hydrogens (tertiary/aromatic N) is 3. The van der Waals surface area contributed by atoms with Gasteiger partial charge < -0.3 is 9.88 Å². The lowest BCUT2D eigenvalue weighted by molar-refractivity contribution is 0.404. The maximum absolute atomic E-state index is 13.6. The van der Waals surface area contributed by atoms with Gasteiger partial charge in [0.2, 0.25) is 0 Å². The molecular weight excluding hydrogens is 464 g/mol. The van der Waals surface area contributed by atoms with Crippen LogP contribution in [0.25, 0.3) is 16.6 Å². The Morgan fingerprint density at radius 3 is 2.54 bits per heavy atom. The smallest absolute Gasteiger partial charge is 0.306 e. The molecule has 4 aromatic rings. The van der Waals surface area contributed by atoms with E-state index >= 15 is 0 Å². The number of anilines is 1. The van der Waals surface area contributed by atoms with Crippen LogP contribution in [0.15, 0.2) is 81.2 Å². The molecule has 0 saturated carbocycles. The first-order valence-electron chi connectivity index (χ1n) is 11.4. The lowest BCUT2D eigenvalue weighted by Crippen LogP contribution is -2.36. The molecule has 8 nitrogen and oxygen atoms in total. The predicted molar refractivity (Wildman–Crippen MR) is 137 cm³/mol. The number of aryl methyl sites for hydroxylation is 1. The summed E-state index contributed by atoms with van der Waals surface area (Å²) >= 11 is 0. The molecule has 0 spiro atoms. The molecule has 1 aliphatic rings. The van der Waals surface area contributed by atoms with Gasteiger partial charge in [-0.2, -0.15) is 0 Å². The van der Waals surface area contributed by atoms with Crippen molar-refractivity contribution in [2.45, 2.75) is 24.3 Å². The van der Waals surface area contributed by atoms with E-state index in [1.54, 1.807) is 30.3 Å². The molecule has 3 aromatic carbocycles. The number of rotatable bonds is 5. The van der Waals surface area contributed by atoms with Crippen LogP contribution in [0.4, 0.5) is 5.69 Å². The van der Waals surface area contributed by atoms with E-state index in [-0.39, 0.29) is 10.6 Å². The summed E-state index contributed by atoms with van der Waals surface area (Å²) in [5.74, 6) is 0. The van der Waals surface area contributed by atoms with Gasteiger partial charge >= 0.3 is 5.69 Å². The third kappa shape index (κ3) is 4.06. The third-order valence-electron chi connectivity index (χ3n) is 6.23. The molecule has 0 bridgehead atoms. The van der Waals surface area contributed by atoms with Gasteiger partial charge in [0.25, 0.3) is 15.6 Å². The molecule has 0 fully saturated rings. The van der Waals surface area contributed by atoms with E-state index in [9.17, 15) is 18.0 Å². The van der Waals surface area contributed by atoms with Crippen molar-refractivity contribution in [3.05, 3.63) is 98.7 Å². The van der Waals surface area contributed by atoms with E-state index in [1.807, 2.05) is 43.3 Å². The number of aromatic nitrogens is 2. The summed E-state index contributed by atoms with van der Waals surface area (Å²) in [5, 5.41) is 0.402. The normalized spacial score (nSPS) is 13.9. The number of sulfonamides is 1. The van der Waals surface area contributed by atoms with Gasteiger partial charge in [-0.25, -0.2) is 17.8 Å². The number of fused-ring (bicyclic) bond motifs is 2. The molecule has 0 amide bonds. The highest BCUT2D eigenvalue weighted by atomic mass is 32.2. The second-order valence-electron chi connectivity index (χ2n) is 8.95. The van der Waals surface area contributed by atoms with Crippen molar-refractivity contribution in [1.29, 1.82) is 0 Å². The minimum atomic E-state index is -3.90. The van der Waals surface area contributed by atoms with Gasteiger partial charge in [0.1, 0.15) is 0 Å². The zero-order chi connectivity index (χ0) is 24.7. The van der Waals surface area contributed by atoms with Crippen molar-refractivity contribution in [2.24, 2.45) is 0 Å². The molecule has 0 radical (unpaired) electrons. The summed E-state index contributed by atoms with van der Waals surface area (Å²) in [4.78, 5) is 31.2. The van der Waals surface area contributed by atoms with Crippen molar-refractivity contribution in [1.82, 2.24) is 14.5 Å². The predicted octanol–water partition coefficient (Wildman–Crippen LogP) is 2.88. The summed E-state index contributed by atoms with van der Waals surface area (Å²) in [6.07, 6.45) is 1.54. The molecular formula is C26H26N4O4S. The molecule has 180 valence electrons. The van der Waals surface area contributed by atoms with Crippen molar-refractivity contribution >= 4 is 26.6 Å². The molecule has 0 saturated heterocycles. The van der Waals surface area contributed by atoms with E-state index in [2.05, 4.69) is 4.98 Å². The van der Waals surface area contributed by atoms with Crippen molar-refractivity contribution in [2.75, 3.05) is 24.9 Å². The van der Waals surface area contributed by atoms with Crippen LogP contribution in [-0.4, -0.2) is 43.5 Å². The number of nitrogens with one attached hydrogen (secondary N) is 1. The van der Waals surface area contributed by atoms with Crippen LogP contribution in [0.5, 0.6) is 0 Å². The molecule has 0 unspecified atom stereocenters. The molecule has 35 heavy (non-hydrogen) atoms. The highest BCUT2D eigenvalue weighted by Crippen LogP contribution is 2.32. The second kappa shape index (κ2) is 8.83. The van der Waals surface area contributed by atoms with Crippen molar-refractivity contribution in [3.63, 3.8) is 0 Å². The molecule has 2 heterocycles. The van der Waals surface area contributed by atoms with Gasteiger partial charge in [-0.05, 0) is 68.4 Å². The Labute approximate surface area is 203 Å². The Kier molecular flexibility index (Phi) is 5.82. The topological polar surface area (TPSA) is 95.5 Å². The Hall–Kier alpha value is -3.69. The zero-order valence-corrected chi connectivity index (χ0v) is 20.4. The summed E-state index contributed by atoms with van der Waals surface area (Å²) in [6, 6.07) is 18.8. The number of aromatic amines is 1. The van der Waals surface area contributed by atoms with Crippen LogP contribution >= 0.6 is 0 Å². The summed E-state index contributed by atoms with van der Waals surface area (Å²) in [5.41, 5.74) is 1.96. The minimum absolute atomic E-state index is 0.0275. The SMILES string of the molecule is CN(C)Cc1cccc2[nH]c(=O)n(-c3cccc(S(=O)(=O)N4CCCc5ccccc54)c3)c(=O)c12. The molecule has 0 atom stereocenters. The van der Waals surface area contributed by atoms with Crippen LogP contribution < -0.4 is 15.6 Å². The van der Waals surface area contributed by atoms with Gasteiger partial charge in [0.05, 0.1) is 27.2 Å². The average Bonchev–Trinajstić information content (AvgIpc) is 2.83. The number of hydrogen-bond donors (Lipinski definition) is 1. The Balaban J connectivity index is 1.65. The Morgan fingerprint density at radius 2 is 1.74 bits per heavy atom. The molecule has 9 heteroatoms. The first-order valence-corrected chi connectivity index (χ1v) is 12.8. The molecule has 1 aliphatic heterocycles. The molecule has 1 aromatic heterocycles. The quantitative estimate of drug-likeness (QED) is 0.464. The fourth-order valence-electron chi connectivity index (χ4n) is 4.70. The minimum Gasteiger partial charge on any atom is -0.306 e. The maximum Gasteiger partial charge on any atom is 0.333 e. The number of H-pyrrole nitrogens is 1. The fourth-order valence-corrected chi connectivity index (χ4v) is 6.28. The van der Waals surface area contributed by atoms with E-state index in [0.29, 0.717) is 36.1 Å². The van der Waals surface area contributed by atoms with E-state index in [4.69, 9.17) is 0 Å². The van der Waals surface area contributed by atoms with Crippen molar-refractivity contribution in [3.8, 4) is 5.69 Å². The van der Waals surface area contributed by atoms with E-state index < -0.39 is 21.3 Å². The van der Waals surface area contributed by atoms with E-state index in [0.717, 1.165) is 22.1 Å². The first-order chi connectivity index (χ1) is 16.8. The Morgan fingerprint density at radius 1 is 0.971 bits per heavy atom. The average molecular weight is 491 g/mol. The summed E-state index contributed by atoms with van der Waals surface area (Å²) in [6.45, 7) is 0.884. The van der Waals surface area contributed by atoms with E-state index in [1.165, 1.54) is 16.4 Å². The fraction of sp³-hybridized carbons (Fsp3) is 0.231. The highest BCUT2D eigenvalue weighted by molar-refractivity contribution is 7.92. The zero-order valence-electron chi connectivity index (χ0n) is 19.6. The summed E-state index contributed by atoms with van der Waals surface area (Å²) < 4.78 is 29.7. The summed E-state index contributed by atoms with van der Waals surface area (Å²) in [7, 11) is -0.101. The largest absolute Gasteiger partial charge is 0.333 e. The molecule has 1 N–H and O–H groups in total. The van der Waals surface area contributed by atoms with Crippen molar-refractivity contribution < 1.29 is 8.42 Å². The lowest BCUT2D eigenvalue weighted by atomic mass is 10.0. The monoisotopic (exact) mass is 490 g/mol. The van der Waals surface area contributed by atoms with Crippen LogP contribution in [0.2, 0.25) is 0 Å². The van der Waals surface area contributed by atoms with Gasteiger partial charge in [-0.15, -0.1) is 0 Å². The maximum atomic E-state index is 13.6. The van der Waals surface area contributed by atoms with Gasteiger partial charge in [-0.3, -0.25) is 9.10 Å². The van der Waals surface area contributed by atoms with Crippen LogP contribution in [0.3, 0.4) is 0 Å². The van der Waals surface area contributed by atoms with Crippen LogP contribution in [0.1, 0.15) is 17.5 Å². The number of hydrogen-bond acceptors (Lipinski definition) is 5. The van der Waals surface area contributed by atoms with Gasteiger partial charge in [0.15, 0.2) is 0 Å². The second-order valence-corrected chi connectivity index (χ2v) is 10.8.